The van der Waals surface area contributed by atoms with E-state index in [-0.39, 0.29) is 11.3 Å². The van der Waals surface area contributed by atoms with E-state index < -0.39 is 34.2 Å². The van der Waals surface area contributed by atoms with Gasteiger partial charge < -0.3 is 5.11 Å². The number of carboxylic acid groups (broad SMARTS) is 1. The lowest BCUT2D eigenvalue weighted by atomic mass is 10.2. The van der Waals surface area contributed by atoms with Crippen molar-refractivity contribution >= 4 is 16.8 Å². The quantitative estimate of drug-likeness (QED) is 0.854. The third-order valence-corrected chi connectivity index (χ3v) is 2.82. The van der Waals surface area contributed by atoms with Crippen molar-refractivity contribution in [3.05, 3.63) is 35.4 Å². The van der Waals surface area contributed by atoms with Crippen LogP contribution in [0.15, 0.2) is 18.2 Å². The number of halogens is 2. The summed E-state index contributed by atoms with van der Waals surface area (Å²) in [7, 11) is -1.68. The lowest BCUT2D eigenvalue weighted by Gasteiger charge is -2.01. The van der Waals surface area contributed by atoms with E-state index in [2.05, 4.69) is 0 Å². The molecular weight excluding hydrogens is 226 g/mol. The first-order valence-corrected chi connectivity index (χ1v) is 5.48. The molecular formula is C9H8F2O3S. The highest BCUT2D eigenvalue weighted by atomic mass is 32.2. The molecule has 0 spiro atoms. The molecule has 3 nitrogen and oxygen atoms in total. The third kappa shape index (κ3) is 3.75. The summed E-state index contributed by atoms with van der Waals surface area (Å²) in [5.74, 6) is -3.51. The van der Waals surface area contributed by atoms with Gasteiger partial charge in [-0.2, -0.15) is 0 Å². The fourth-order valence-electron chi connectivity index (χ4n) is 1.00. The number of benzene rings is 1. The highest BCUT2D eigenvalue weighted by Gasteiger charge is 2.10. The van der Waals surface area contributed by atoms with Crippen LogP contribution >= 0.6 is 0 Å². The Morgan fingerprint density at radius 3 is 2.60 bits per heavy atom. The van der Waals surface area contributed by atoms with E-state index in [4.69, 9.17) is 5.11 Å². The number of hydrogen-bond donors (Lipinski definition) is 1. The summed E-state index contributed by atoms with van der Waals surface area (Å²) in [6.07, 6.45) is 0. The molecule has 0 aliphatic carbocycles. The number of aliphatic carboxylic acids is 1. The predicted octanol–water partition coefficient (Wildman–Crippen LogP) is 1.30. The maximum Gasteiger partial charge on any atom is 0.316 e. The molecule has 82 valence electrons. The second-order valence-corrected chi connectivity index (χ2v) is 4.31. The molecule has 0 saturated carbocycles. The molecule has 0 heterocycles. The third-order valence-electron chi connectivity index (χ3n) is 1.62. The minimum absolute atomic E-state index is 0.0518. The molecule has 1 unspecified atom stereocenters. The lowest BCUT2D eigenvalue weighted by Crippen LogP contribution is -2.11. The minimum atomic E-state index is -1.68. The molecule has 1 rings (SSSR count). The summed E-state index contributed by atoms with van der Waals surface area (Å²) < 4.78 is 36.6. The van der Waals surface area contributed by atoms with Crippen LogP contribution in [-0.4, -0.2) is 21.0 Å². The van der Waals surface area contributed by atoms with Crippen LogP contribution in [0.3, 0.4) is 0 Å². The maximum absolute atomic E-state index is 13.0. The Balaban J connectivity index is 2.72. The zero-order valence-electron chi connectivity index (χ0n) is 7.57. The van der Waals surface area contributed by atoms with Crippen LogP contribution in [0.5, 0.6) is 0 Å². The van der Waals surface area contributed by atoms with Crippen molar-refractivity contribution in [3.8, 4) is 0 Å². The Kier molecular flexibility index (Phi) is 3.90. The smallest absolute Gasteiger partial charge is 0.316 e. The molecule has 0 bridgehead atoms. The van der Waals surface area contributed by atoms with Crippen molar-refractivity contribution in [3.63, 3.8) is 0 Å². The van der Waals surface area contributed by atoms with Gasteiger partial charge in [-0.3, -0.25) is 9.00 Å². The van der Waals surface area contributed by atoms with E-state index in [0.29, 0.717) is 6.07 Å². The molecule has 1 aromatic rings. The largest absolute Gasteiger partial charge is 0.481 e. The molecule has 0 aliphatic rings. The average Bonchev–Trinajstić information content (AvgIpc) is 2.08. The number of carboxylic acids is 1. The summed E-state index contributed by atoms with van der Waals surface area (Å²) in [4.78, 5) is 10.2. The standard InChI is InChI=1S/C9H8F2O3S/c10-7-2-1-6(8(11)3-7)4-15(14)5-9(12)13/h1-3H,4-5H2,(H,12,13). The molecule has 15 heavy (non-hydrogen) atoms. The van der Waals surface area contributed by atoms with Crippen LogP contribution in [0.25, 0.3) is 0 Å². The van der Waals surface area contributed by atoms with E-state index in [1.54, 1.807) is 0 Å². The Labute approximate surface area is 87.2 Å². The highest BCUT2D eigenvalue weighted by molar-refractivity contribution is 7.84. The topological polar surface area (TPSA) is 54.4 Å². The normalized spacial score (nSPS) is 12.4. The van der Waals surface area contributed by atoms with Gasteiger partial charge in [0.1, 0.15) is 17.4 Å². The second kappa shape index (κ2) is 4.97. The van der Waals surface area contributed by atoms with Gasteiger partial charge in [0, 0.05) is 22.4 Å². The summed E-state index contributed by atoms with van der Waals surface area (Å²) in [6.45, 7) is 0. The minimum Gasteiger partial charge on any atom is -0.481 e. The van der Waals surface area contributed by atoms with Crippen molar-refractivity contribution in [2.45, 2.75) is 5.75 Å². The molecule has 6 heteroatoms. The Bertz CT molecular complexity index is 406. The van der Waals surface area contributed by atoms with Crippen LogP contribution in [0.2, 0.25) is 0 Å². The first kappa shape index (κ1) is 11.8. The molecule has 0 aromatic heterocycles. The summed E-state index contributed by atoms with van der Waals surface area (Å²) >= 11 is 0. The number of rotatable bonds is 4. The van der Waals surface area contributed by atoms with E-state index in [9.17, 15) is 17.8 Å². The average molecular weight is 234 g/mol. The molecule has 0 saturated heterocycles. The second-order valence-electron chi connectivity index (χ2n) is 2.86. The van der Waals surface area contributed by atoms with Gasteiger partial charge in [-0.05, 0) is 6.07 Å². The zero-order chi connectivity index (χ0) is 11.4. The van der Waals surface area contributed by atoms with Crippen LogP contribution in [-0.2, 0) is 21.3 Å². The van der Waals surface area contributed by atoms with Gasteiger partial charge >= 0.3 is 5.97 Å². The predicted molar refractivity (Wildman–Crippen MR) is 50.7 cm³/mol. The van der Waals surface area contributed by atoms with Gasteiger partial charge in [-0.15, -0.1) is 0 Å². The van der Waals surface area contributed by atoms with Gasteiger partial charge in [0.05, 0.1) is 5.75 Å². The molecule has 0 fully saturated rings. The molecule has 0 amide bonds. The van der Waals surface area contributed by atoms with Crippen LogP contribution in [0.1, 0.15) is 5.56 Å². The molecule has 1 N–H and O–H groups in total. The Morgan fingerprint density at radius 1 is 1.40 bits per heavy atom. The monoisotopic (exact) mass is 234 g/mol. The van der Waals surface area contributed by atoms with E-state index in [0.717, 1.165) is 12.1 Å². The molecule has 1 aromatic carbocycles. The van der Waals surface area contributed by atoms with Gasteiger partial charge in [-0.25, -0.2) is 8.78 Å². The van der Waals surface area contributed by atoms with Gasteiger partial charge in [-0.1, -0.05) is 6.07 Å². The zero-order valence-corrected chi connectivity index (χ0v) is 8.39. The van der Waals surface area contributed by atoms with Crippen LogP contribution < -0.4 is 0 Å². The van der Waals surface area contributed by atoms with Crippen LogP contribution in [0.4, 0.5) is 8.78 Å². The summed E-state index contributed by atoms with van der Waals surface area (Å²) in [6, 6.07) is 2.87. The van der Waals surface area contributed by atoms with Gasteiger partial charge in [0.25, 0.3) is 0 Å². The molecule has 0 aliphatic heterocycles. The van der Waals surface area contributed by atoms with Crippen molar-refractivity contribution in [1.82, 2.24) is 0 Å². The number of hydrogen-bond acceptors (Lipinski definition) is 2. The number of carbonyl (C=O) groups is 1. The van der Waals surface area contributed by atoms with E-state index in [1.807, 2.05) is 0 Å². The van der Waals surface area contributed by atoms with Crippen molar-refractivity contribution in [2.75, 3.05) is 5.75 Å². The van der Waals surface area contributed by atoms with Crippen molar-refractivity contribution in [2.24, 2.45) is 0 Å². The lowest BCUT2D eigenvalue weighted by molar-refractivity contribution is -0.133. The summed E-state index contributed by atoms with van der Waals surface area (Å²) in [5, 5.41) is 8.33. The fourth-order valence-corrected chi connectivity index (χ4v) is 1.96. The summed E-state index contributed by atoms with van der Waals surface area (Å²) in [5.41, 5.74) is 0.0518. The Hall–Kier alpha value is -1.30. The fraction of sp³-hybridized carbons (Fsp3) is 0.222. The SMILES string of the molecule is O=C(O)CS(=O)Cc1ccc(F)cc1F. The highest BCUT2D eigenvalue weighted by Crippen LogP contribution is 2.11. The van der Waals surface area contributed by atoms with Crippen molar-refractivity contribution < 1.29 is 22.9 Å². The first-order valence-electron chi connectivity index (χ1n) is 3.99. The van der Waals surface area contributed by atoms with E-state index in [1.165, 1.54) is 0 Å². The van der Waals surface area contributed by atoms with Crippen LogP contribution in [0, 0.1) is 11.6 Å². The Morgan fingerprint density at radius 2 is 2.07 bits per heavy atom. The van der Waals surface area contributed by atoms with Gasteiger partial charge in [0.2, 0.25) is 0 Å². The van der Waals surface area contributed by atoms with E-state index >= 15 is 0 Å². The van der Waals surface area contributed by atoms with Gasteiger partial charge in [0.15, 0.2) is 0 Å². The van der Waals surface area contributed by atoms with Crippen molar-refractivity contribution in [1.29, 1.82) is 0 Å². The molecule has 0 radical (unpaired) electrons. The first-order chi connectivity index (χ1) is 6.99. The maximum atomic E-state index is 13.0. The molecule has 1 atom stereocenters.